The van der Waals surface area contributed by atoms with Crippen molar-refractivity contribution in [2.75, 3.05) is 12.8 Å². The Morgan fingerprint density at radius 2 is 2.47 bits per heavy atom. The fourth-order valence-corrected chi connectivity index (χ4v) is 3.60. The first kappa shape index (κ1) is 10.6. The van der Waals surface area contributed by atoms with E-state index < -0.39 is 15.1 Å². The molecule has 1 saturated heterocycles. The second kappa shape index (κ2) is 3.94. The zero-order valence-electron chi connectivity index (χ0n) is 8.56. The number of hydrogen-bond acceptors (Lipinski definition) is 5. The van der Waals surface area contributed by atoms with Gasteiger partial charge in [0.05, 0.1) is 11.4 Å². The van der Waals surface area contributed by atoms with Gasteiger partial charge in [-0.25, -0.2) is 13.4 Å². The molecular weight excluding hydrogens is 216 g/mol. The van der Waals surface area contributed by atoms with Crippen molar-refractivity contribution >= 4 is 9.84 Å². The number of oxazole rings is 1. The maximum absolute atomic E-state index is 11.6. The summed E-state index contributed by atoms with van der Waals surface area (Å²) < 4.78 is 28.4. The van der Waals surface area contributed by atoms with Crippen LogP contribution in [0.1, 0.15) is 29.7 Å². The fraction of sp³-hybridized carbons (Fsp3) is 0.667. The number of aromatic nitrogens is 1. The van der Waals surface area contributed by atoms with Crippen LogP contribution in [-0.4, -0.2) is 26.2 Å². The van der Waals surface area contributed by atoms with E-state index in [0.717, 1.165) is 5.69 Å². The summed E-state index contributed by atoms with van der Waals surface area (Å²) in [5.41, 5.74) is 0.745. The highest BCUT2D eigenvalue weighted by molar-refractivity contribution is 7.91. The predicted octanol–water partition coefficient (Wildman–Crippen LogP) is 0.644. The van der Waals surface area contributed by atoms with Crippen LogP contribution in [0.4, 0.5) is 0 Å². The third kappa shape index (κ3) is 2.05. The van der Waals surface area contributed by atoms with Crippen LogP contribution >= 0.6 is 0 Å². The van der Waals surface area contributed by atoms with E-state index in [1.165, 1.54) is 6.26 Å². The molecular formula is C9H14N2O3S. The number of nitrogens with one attached hydrogen (secondary N) is 1. The lowest BCUT2D eigenvalue weighted by atomic mass is 10.2. The highest BCUT2D eigenvalue weighted by Crippen LogP contribution is 2.33. The molecule has 1 aromatic heterocycles. The molecule has 15 heavy (non-hydrogen) atoms. The van der Waals surface area contributed by atoms with Gasteiger partial charge in [0.2, 0.25) is 5.89 Å². The van der Waals surface area contributed by atoms with Crippen molar-refractivity contribution in [3.63, 3.8) is 0 Å². The molecule has 0 bridgehead atoms. The van der Waals surface area contributed by atoms with E-state index in [4.69, 9.17) is 4.42 Å². The van der Waals surface area contributed by atoms with Crippen LogP contribution in [0.3, 0.4) is 0 Å². The van der Waals surface area contributed by atoms with Gasteiger partial charge < -0.3 is 9.73 Å². The average Bonchev–Trinajstić information content (AvgIpc) is 2.72. The first-order valence-corrected chi connectivity index (χ1v) is 6.65. The Kier molecular flexibility index (Phi) is 2.79. The van der Waals surface area contributed by atoms with Gasteiger partial charge in [-0.1, -0.05) is 0 Å². The van der Waals surface area contributed by atoms with Gasteiger partial charge in [0.15, 0.2) is 9.84 Å². The van der Waals surface area contributed by atoms with E-state index in [-0.39, 0.29) is 5.75 Å². The quantitative estimate of drug-likeness (QED) is 0.825. The summed E-state index contributed by atoms with van der Waals surface area (Å²) >= 11 is 0. The van der Waals surface area contributed by atoms with E-state index in [1.807, 2.05) is 0 Å². The maximum atomic E-state index is 11.6. The SMILES string of the molecule is CNCc1coc(C2CCCS2(=O)=O)n1. The molecule has 1 aliphatic rings. The highest BCUT2D eigenvalue weighted by Gasteiger charge is 2.36. The van der Waals surface area contributed by atoms with E-state index in [2.05, 4.69) is 10.3 Å². The molecule has 1 unspecified atom stereocenters. The summed E-state index contributed by atoms with van der Waals surface area (Å²) in [4.78, 5) is 4.17. The molecule has 1 aliphatic heterocycles. The molecule has 0 spiro atoms. The molecule has 0 amide bonds. The molecule has 0 saturated carbocycles. The summed E-state index contributed by atoms with van der Waals surface area (Å²) in [5.74, 6) is 0.597. The minimum absolute atomic E-state index is 0.251. The Bertz CT molecular complexity index is 438. The molecule has 0 aliphatic carbocycles. The maximum Gasteiger partial charge on any atom is 0.212 e. The Balaban J connectivity index is 2.22. The normalized spacial score (nSPS) is 24.5. The molecule has 0 radical (unpaired) electrons. The lowest BCUT2D eigenvalue weighted by Crippen LogP contribution is -2.09. The van der Waals surface area contributed by atoms with Crippen LogP contribution in [-0.2, 0) is 16.4 Å². The first-order chi connectivity index (χ1) is 7.13. The van der Waals surface area contributed by atoms with E-state index in [9.17, 15) is 8.42 Å². The molecule has 1 atom stereocenters. The van der Waals surface area contributed by atoms with Crippen molar-refractivity contribution in [1.82, 2.24) is 10.3 Å². The Morgan fingerprint density at radius 3 is 3.07 bits per heavy atom. The molecule has 84 valence electrons. The smallest absolute Gasteiger partial charge is 0.212 e. The second-order valence-corrected chi connectivity index (χ2v) is 6.01. The fourth-order valence-electron chi connectivity index (χ4n) is 1.80. The van der Waals surface area contributed by atoms with Crippen molar-refractivity contribution in [3.05, 3.63) is 17.8 Å². The Morgan fingerprint density at radius 1 is 1.67 bits per heavy atom. The monoisotopic (exact) mass is 230 g/mol. The van der Waals surface area contributed by atoms with Gasteiger partial charge in [0.1, 0.15) is 11.5 Å². The zero-order valence-corrected chi connectivity index (χ0v) is 9.38. The summed E-state index contributed by atoms with van der Waals surface area (Å²) in [5, 5.41) is 2.41. The third-order valence-electron chi connectivity index (χ3n) is 2.53. The van der Waals surface area contributed by atoms with Gasteiger partial charge in [0.25, 0.3) is 0 Å². The molecule has 1 aromatic rings. The molecule has 2 rings (SSSR count). The van der Waals surface area contributed by atoms with Crippen LogP contribution in [0.15, 0.2) is 10.7 Å². The molecule has 5 nitrogen and oxygen atoms in total. The summed E-state index contributed by atoms with van der Waals surface area (Å²) in [6.45, 7) is 0.594. The predicted molar refractivity (Wildman–Crippen MR) is 55.0 cm³/mol. The van der Waals surface area contributed by atoms with Crippen LogP contribution in [0.2, 0.25) is 0 Å². The molecule has 2 heterocycles. The minimum atomic E-state index is -3.02. The van der Waals surface area contributed by atoms with Crippen molar-refractivity contribution in [1.29, 1.82) is 0 Å². The van der Waals surface area contributed by atoms with Gasteiger partial charge in [-0.2, -0.15) is 0 Å². The number of nitrogens with zero attached hydrogens (tertiary/aromatic N) is 1. The average molecular weight is 230 g/mol. The summed E-state index contributed by atoms with van der Waals surface area (Å²) in [6, 6.07) is 0. The largest absolute Gasteiger partial charge is 0.447 e. The first-order valence-electron chi connectivity index (χ1n) is 4.94. The van der Waals surface area contributed by atoms with Crippen LogP contribution in [0.5, 0.6) is 0 Å². The third-order valence-corrected chi connectivity index (χ3v) is 4.69. The Labute approximate surface area is 88.8 Å². The van der Waals surface area contributed by atoms with Gasteiger partial charge in [-0.05, 0) is 19.9 Å². The van der Waals surface area contributed by atoms with E-state index in [0.29, 0.717) is 25.3 Å². The standard InChI is InChI=1S/C9H14N2O3S/c1-10-5-7-6-14-9(11-7)8-3-2-4-15(8,12)13/h6,8,10H,2-5H2,1H3. The topological polar surface area (TPSA) is 72.2 Å². The number of hydrogen-bond donors (Lipinski definition) is 1. The number of rotatable bonds is 3. The van der Waals surface area contributed by atoms with Crippen LogP contribution < -0.4 is 5.32 Å². The second-order valence-electron chi connectivity index (χ2n) is 3.71. The lowest BCUT2D eigenvalue weighted by Gasteiger charge is -2.02. The van der Waals surface area contributed by atoms with Gasteiger partial charge >= 0.3 is 0 Å². The van der Waals surface area contributed by atoms with Crippen LogP contribution in [0, 0.1) is 0 Å². The van der Waals surface area contributed by atoms with Crippen molar-refractivity contribution in [2.24, 2.45) is 0 Å². The molecule has 6 heteroatoms. The van der Waals surface area contributed by atoms with Gasteiger partial charge in [0, 0.05) is 6.54 Å². The lowest BCUT2D eigenvalue weighted by molar-refractivity contribution is 0.476. The Hall–Kier alpha value is -0.880. The highest BCUT2D eigenvalue weighted by atomic mass is 32.2. The van der Waals surface area contributed by atoms with Gasteiger partial charge in [-0.15, -0.1) is 0 Å². The van der Waals surface area contributed by atoms with Crippen molar-refractivity contribution in [2.45, 2.75) is 24.6 Å². The molecule has 1 N–H and O–H groups in total. The summed E-state index contributed by atoms with van der Waals surface area (Å²) in [7, 11) is -1.21. The van der Waals surface area contributed by atoms with E-state index in [1.54, 1.807) is 7.05 Å². The van der Waals surface area contributed by atoms with Crippen molar-refractivity contribution in [3.8, 4) is 0 Å². The summed E-state index contributed by atoms with van der Waals surface area (Å²) in [6.07, 6.45) is 2.85. The number of sulfone groups is 1. The van der Waals surface area contributed by atoms with E-state index >= 15 is 0 Å². The molecule has 1 fully saturated rings. The van der Waals surface area contributed by atoms with Crippen LogP contribution in [0.25, 0.3) is 0 Å². The van der Waals surface area contributed by atoms with Gasteiger partial charge in [-0.3, -0.25) is 0 Å². The zero-order chi connectivity index (χ0) is 10.9. The van der Waals surface area contributed by atoms with Crippen molar-refractivity contribution < 1.29 is 12.8 Å². The molecule has 0 aromatic carbocycles. The minimum Gasteiger partial charge on any atom is -0.447 e.